The van der Waals surface area contributed by atoms with Crippen LogP contribution in [0.3, 0.4) is 0 Å². The monoisotopic (exact) mass is 398 g/mol. The van der Waals surface area contributed by atoms with Crippen molar-refractivity contribution in [2.24, 2.45) is 7.05 Å². The van der Waals surface area contributed by atoms with Crippen molar-refractivity contribution in [3.05, 3.63) is 90.0 Å². The van der Waals surface area contributed by atoms with E-state index in [1.807, 2.05) is 78.4 Å². The first-order chi connectivity index (χ1) is 14.7. The fourth-order valence-electron chi connectivity index (χ4n) is 3.25. The molecule has 0 radical (unpaired) electrons. The molecule has 6 heteroatoms. The number of carbonyl (C=O) groups excluding carboxylic acids is 1. The fraction of sp³-hybridized carbons (Fsp3) is 0.125. The van der Waals surface area contributed by atoms with Gasteiger partial charge >= 0.3 is 0 Å². The van der Waals surface area contributed by atoms with E-state index in [-0.39, 0.29) is 5.91 Å². The molecule has 4 rings (SSSR count). The predicted molar refractivity (Wildman–Crippen MR) is 118 cm³/mol. The second-order valence-corrected chi connectivity index (χ2v) is 6.81. The van der Waals surface area contributed by atoms with Gasteiger partial charge in [-0.25, -0.2) is 4.98 Å². The number of ether oxygens (including phenoxy) is 1. The molecule has 0 aliphatic rings. The number of benzene rings is 2. The number of para-hydroxylation sites is 2. The zero-order valence-corrected chi connectivity index (χ0v) is 16.9. The van der Waals surface area contributed by atoms with E-state index >= 15 is 0 Å². The number of nitrogens with zero attached hydrogens (tertiary/aromatic N) is 3. The van der Waals surface area contributed by atoms with Crippen LogP contribution in [0.15, 0.2) is 73.1 Å². The van der Waals surface area contributed by atoms with Gasteiger partial charge in [0.25, 0.3) is 5.91 Å². The highest BCUT2D eigenvalue weighted by atomic mass is 16.5. The van der Waals surface area contributed by atoms with Crippen LogP contribution in [0.5, 0.6) is 5.75 Å². The first-order valence-corrected chi connectivity index (χ1v) is 9.63. The first kappa shape index (κ1) is 19.4. The largest absolute Gasteiger partial charge is 0.486 e. The van der Waals surface area contributed by atoms with Crippen molar-refractivity contribution in [1.82, 2.24) is 19.9 Å². The number of hydrogen-bond acceptors (Lipinski definition) is 4. The molecule has 0 aliphatic carbocycles. The lowest BCUT2D eigenvalue weighted by molar-refractivity contribution is -0.115. The Balaban J connectivity index is 1.53. The Labute approximate surface area is 174 Å². The molecule has 0 saturated carbocycles. The van der Waals surface area contributed by atoms with E-state index in [9.17, 15) is 4.79 Å². The Morgan fingerprint density at radius 1 is 1.10 bits per heavy atom. The van der Waals surface area contributed by atoms with Gasteiger partial charge in [0, 0.05) is 32.1 Å². The Bertz CT molecular complexity index is 1200. The summed E-state index contributed by atoms with van der Waals surface area (Å²) in [5.41, 5.74) is 4.24. The van der Waals surface area contributed by atoms with Crippen LogP contribution in [0.1, 0.15) is 17.0 Å². The number of carbonyl (C=O) groups is 1. The Morgan fingerprint density at radius 2 is 1.90 bits per heavy atom. The second-order valence-electron chi connectivity index (χ2n) is 6.81. The third-order valence-electron chi connectivity index (χ3n) is 4.88. The Hall–Kier alpha value is -3.93. The molecule has 2 heterocycles. The Morgan fingerprint density at radius 3 is 2.60 bits per heavy atom. The van der Waals surface area contributed by atoms with E-state index < -0.39 is 0 Å². The van der Waals surface area contributed by atoms with Crippen molar-refractivity contribution in [2.45, 2.75) is 6.61 Å². The third-order valence-corrected chi connectivity index (χ3v) is 4.88. The highest BCUT2D eigenvalue weighted by molar-refractivity contribution is 6.24. The molecule has 0 atom stereocenters. The average Bonchev–Trinajstić information content (AvgIpc) is 3.12. The smallest absolute Gasteiger partial charge is 0.251 e. The van der Waals surface area contributed by atoms with Crippen LogP contribution in [0.25, 0.3) is 22.7 Å². The van der Waals surface area contributed by atoms with Crippen molar-refractivity contribution in [1.29, 1.82) is 0 Å². The molecule has 0 saturated heterocycles. The van der Waals surface area contributed by atoms with Crippen LogP contribution >= 0.6 is 0 Å². The number of nitrogens with one attached hydrogen (secondary N) is 1. The summed E-state index contributed by atoms with van der Waals surface area (Å²) in [5, 5.41) is 2.69. The summed E-state index contributed by atoms with van der Waals surface area (Å²) in [4.78, 5) is 21.1. The van der Waals surface area contributed by atoms with E-state index in [2.05, 4.69) is 15.3 Å². The van der Waals surface area contributed by atoms with Crippen LogP contribution in [-0.4, -0.2) is 27.5 Å². The lowest BCUT2D eigenvalue weighted by Crippen LogP contribution is -2.19. The highest BCUT2D eigenvalue weighted by Gasteiger charge is 2.12. The summed E-state index contributed by atoms with van der Waals surface area (Å²) in [6.45, 7) is 0.359. The molecule has 0 spiro atoms. The van der Waals surface area contributed by atoms with Gasteiger partial charge in [-0.1, -0.05) is 30.3 Å². The third kappa shape index (κ3) is 4.07. The average molecular weight is 398 g/mol. The zero-order valence-electron chi connectivity index (χ0n) is 16.9. The number of pyridine rings is 1. The van der Waals surface area contributed by atoms with Gasteiger partial charge in [0.1, 0.15) is 18.2 Å². The number of hydrogen-bond donors (Lipinski definition) is 1. The van der Waals surface area contributed by atoms with E-state index in [1.165, 1.54) is 0 Å². The van der Waals surface area contributed by atoms with Crippen molar-refractivity contribution in [3.63, 3.8) is 0 Å². The molecule has 150 valence electrons. The normalized spacial score (nSPS) is 11.5. The minimum absolute atomic E-state index is 0.160. The standard InChI is InChI=1S/C24H22N4O2/c1-25-24(29)20(14-17-6-5-13-26-15-17)18-9-11-19(12-10-18)30-16-23-27-21-7-3-4-8-22(21)28(23)2/h3-15H,16H2,1-2H3,(H,25,29)/b20-14+. The van der Waals surface area contributed by atoms with Crippen molar-refractivity contribution >= 4 is 28.6 Å². The lowest BCUT2D eigenvalue weighted by Gasteiger charge is -2.10. The van der Waals surface area contributed by atoms with Gasteiger partial charge in [0.2, 0.25) is 0 Å². The van der Waals surface area contributed by atoms with Gasteiger partial charge in [-0.15, -0.1) is 0 Å². The van der Waals surface area contributed by atoms with Gasteiger partial charge in [-0.3, -0.25) is 9.78 Å². The van der Waals surface area contributed by atoms with Crippen molar-refractivity contribution in [3.8, 4) is 5.75 Å². The van der Waals surface area contributed by atoms with Crippen molar-refractivity contribution < 1.29 is 9.53 Å². The fourth-order valence-corrected chi connectivity index (χ4v) is 3.25. The van der Waals surface area contributed by atoms with E-state index in [4.69, 9.17) is 4.74 Å². The predicted octanol–water partition coefficient (Wildman–Crippen LogP) is 3.83. The van der Waals surface area contributed by atoms with E-state index in [1.54, 1.807) is 19.4 Å². The summed E-state index contributed by atoms with van der Waals surface area (Å²) >= 11 is 0. The molecule has 0 unspecified atom stereocenters. The maximum Gasteiger partial charge on any atom is 0.251 e. The van der Waals surface area contributed by atoms with E-state index in [0.717, 1.165) is 28.0 Å². The maximum absolute atomic E-state index is 12.4. The molecule has 1 amide bonds. The minimum Gasteiger partial charge on any atom is -0.486 e. The van der Waals surface area contributed by atoms with Crippen LogP contribution < -0.4 is 10.1 Å². The highest BCUT2D eigenvalue weighted by Crippen LogP contribution is 2.22. The van der Waals surface area contributed by atoms with Crippen molar-refractivity contribution in [2.75, 3.05) is 7.05 Å². The number of imidazole rings is 1. The SMILES string of the molecule is CNC(=O)/C(=C/c1cccnc1)c1ccc(OCc2nc3ccccc3n2C)cc1. The minimum atomic E-state index is -0.160. The zero-order chi connectivity index (χ0) is 20.9. The van der Waals surface area contributed by atoms with Gasteiger partial charge in [-0.2, -0.15) is 0 Å². The lowest BCUT2D eigenvalue weighted by atomic mass is 10.0. The second kappa shape index (κ2) is 8.61. The summed E-state index contributed by atoms with van der Waals surface area (Å²) in [7, 11) is 3.60. The number of fused-ring (bicyclic) bond motifs is 1. The van der Waals surface area contributed by atoms with Crippen LogP contribution in [0.4, 0.5) is 0 Å². The number of amides is 1. The molecule has 4 aromatic rings. The Kier molecular flexibility index (Phi) is 5.57. The molecule has 2 aromatic heterocycles. The molecule has 2 aromatic carbocycles. The number of rotatable bonds is 6. The number of aromatic nitrogens is 3. The topological polar surface area (TPSA) is 69.0 Å². The van der Waals surface area contributed by atoms with E-state index in [0.29, 0.717) is 17.9 Å². The van der Waals surface area contributed by atoms with Crippen LogP contribution in [-0.2, 0) is 18.4 Å². The van der Waals surface area contributed by atoms with Crippen LogP contribution in [0.2, 0.25) is 0 Å². The molecular weight excluding hydrogens is 376 g/mol. The first-order valence-electron chi connectivity index (χ1n) is 9.63. The van der Waals surface area contributed by atoms with Crippen LogP contribution in [0, 0.1) is 0 Å². The molecule has 0 bridgehead atoms. The van der Waals surface area contributed by atoms with Gasteiger partial charge in [0.15, 0.2) is 0 Å². The molecule has 0 fully saturated rings. The number of aryl methyl sites for hydroxylation is 1. The summed E-state index contributed by atoms with van der Waals surface area (Å²) in [6.07, 6.45) is 5.24. The van der Waals surface area contributed by atoms with Gasteiger partial charge in [0.05, 0.1) is 11.0 Å². The molecule has 30 heavy (non-hydrogen) atoms. The quantitative estimate of drug-likeness (QED) is 0.501. The number of likely N-dealkylation sites (N-methyl/N-ethyl adjacent to an activating group) is 1. The summed E-state index contributed by atoms with van der Waals surface area (Å²) in [5.74, 6) is 1.40. The van der Waals surface area contributed by atoms with Gasteiger partial charge in [-0.05, 0) is 47.5 Å². The molecular formula is C24H22N4O2. The summed E-state index contributed by atoms with van der Waals surface area (Å²) in [6, 6.07) is 19.2. The molecule has 6 nitrogen and oxygen atoms in total. The maximum atomic E-state index is 12.4. The molecule has 0 aliphatic heterocycles. The van der Waals surface area contributed by atoms with Gasteiger partial charge < -0.3 is 14.6 Å². The molecule has 1 N–H and O–H groups in total. The summed E-state index contributed by atoms with van der Waals surface area (Å²) < 4.78 is 7.96.